The van der Waals surface area contributed by atoms with Crippen LogP contribution >= 0.6 is 0 Å². The third-order valence-electron chi connectivity index (χ3n) is 7.71. The van der Waals surface area contributed by atoms with Gasteiger partial charge in [0.05, 0.1) is 49.9 Å². The summed E-state index contributed by atoms with van der Waals surface area (Å²) in [5.74, 6) is 3.96. The normalized spacial score (nSPS) is 21.3. The summed E-state index contributed by atoms with van der Waals surface area (Å²) in [5, 5.41) is 0. The van der Waals surface area contributed by atoms with Gasteiger partial charge >= 0.3 is 18.1 Å². The van der Waals surface area contributed by atoms with E-state index in [0.29, 0.717) is 0 Å². The molecule has 2 atom stereocenters. The molecule has 0 N–H and O–H groups in total. The number of alkyl halides is 3. The molecule has 1 fully saturated rings. The monoisotopic (exact) mass is 565 g/mol. The van der Waals surface area contributed by atoms with Crippen LogP contribution in [0.25, 0.3) is 0 Å². The number of piperidine rings is 1. The molecular weight excluding hydrogens is 539 g/mol. The predicted octanol–water partition coefficient (Wildman–Crippen LogP) is 3.99. The molecule has 8 nitrogen and oxygen atoms in total. The highest BCUT2D eigenvalue weighted by atomic mass is 19.4. The van der Waals surface area contributed by atoms with E-state index < -0.39 is 35.1 Å². The number of carbonyl (C=O) groups excluding carboxylic acids is 3. The summed E-state index contributed by atoms with van der Waals surface area (Å²) in [6, 6.07) is 11.2. The third kappa shape index (κ3) is 4.43. The Kier molecular flexibility index (Phi) is 7.11. The number of amidine groups is 1. The number of amides is 1. The number of nitrogens with zero attached hydrogens (tertiary/aromatic N) is 3. The van der Waals surface area contributed by atoms with Crippen molar-refractivity contribution < 1.29 is 37.0 Å². The molecule has 0 radical (unpaired) electrons. The number of fused-ring (bicyclic) bond motifs is 1. The van der Waals surface area contributed by atoms with Gasteiger partial charge in [0.25, 0.3) is 0 Å². The highest BCUT2D eigenvalue weighted by molar-refractivity contribution is 6.15. The zero-order valence-electron chi connectivity index (χ0n) is 22.5. The van der Waals surface area contributed by atoms with Gasteiger partial charge in [-0.2, -0.15) is 13.2 Å². The lowest BCUT2D eigenvalue weighted by Gasteiger charge is -2.48. The topological polar surface area (TPSA) is 88.5 Å². The minimum atomic E-state index is -4.57. The Morgan fingerprint density at radius 3 is 2.51 bits per heavy atom. The van der Waals surface area contributed by atoms with Crippen LogP contribution in [0.1, 0.15) is 36.5 Å². The molecule has 3 heterocycles. The van der Waals surface area contributed by atoms with Crippen LogP contribution in [-0.4, -0.2) is 55.4 Å². The Morgan fingerprint density at radius 2 is 1.83 bits per heavy atom. The molecule has 1 saturated heterocycles. The van der Waals surface area contributed by atoms with Crippen LogP contribution in [0.2, 0.25) is 0 Å². The fourth-order valence-electron chi connectivity index (χ4n) is 6.04. The van der Waals surface area contributed by atoms with Crippen molar-refractivity contribution in [2.75, 3.05) is 25.7 Å². The molecule has 1 spiro atoms. The van der Waals surface area contributed by atoms with Crippen LogP contribution in [0.15, 0.2) is 64.8 Å². The molecule has 5 rings (SSSR count). The molecule has 0 unspecified atom stereocenters. The number of ether oxygens (including phenoxy) is 2. The number of aliphatic imine (C=N–C) groups is 1. The molecule has 212 valence electrons. The van der Waals surface area contributed by atoms with E-state index in [-0.39, 0.29) is 54.5 Å². The first-order valence-electron chi connectivity index (χ1n) is 12.8. The Bertz CT molecular complexity index is 1570. The summed E-state index contributed by atoms with van der Waals surface area (Å²) in [5.41, 5.74) is -0.611. The average Bonchev–Trinajstić information content (AvgIpc) is 3.25. The van der Waals surface area contributed by atoms with E-state index in [9.17, 15) is 27.6 Å². The first-order chi connectivity index (χ1) is 19.6. The molecule has 2 aromatic rings. The van der Waals surface area contributed by atoms with Gasteiger partial charge in [0.15, 0.2) is 5.70 Å². The Balaban J connectivity index is 1.78. The number of para-hydroxylation sites is 1. The van der Waals surface area contributed by atoms with E-state index >= 15 is 0 Å². The number of benzene rings is 2. The highest BCUT2D eigenvalue weighted by Gasteiger charge is 2.63. The summed E-state index contributed by atoms with van der Waals surface area (Å²) >= 11 is 0. The fourth-order valence-corrected chi connectivity index (χ4v) is 6.04. The van der Waals surface area contributed by atoms with Gasteiger partial charge in [-0.3, -0.25) is 9.69 Å². The van der Waals surface area contributed by atoms with E-state index in [1.54, 1.807) is 6.92 Å². The van der Waals surface area contributed by atoms with Gasteiger partial charge < -0.3 is 14.4 Å². The molecule has 11 heteroatoms. The van der Waals surface area contributed by atoms with Crippen LogP contribution in [0.5, 0.6) is 0 Å². The number of carbonyl (C=O) groups is 3. The second-order valence-electron chi connectivity index (χ2n) is 9.80. The molecular formula is C30H26F3N3O5. The number of rotatable bonds is 5. The maximum absolute atomic E-state index is 13.5. The number of halogens is 3. The lowest BCUT2D eigenvalue weighted by molar-refractivity contribution is -0.140. The van der Waals surface area contributed by atoms with Crippen LogP contribution in [0.4, 0.5) is 18.9 Å². The molecule has 41 heavy (non-hydrogen) atoms. The molecule has 3 aliphatic heterocycles. The van der Waals surface area contributed by atoms with E-state index in [1.165, 1.54) is 24.1 Å². The Morgan fingerprint density at radius 1 is 1.10 bits per heavy atom. The molecule has 0 saturated carbocycles. The van der Waals surface area contributed by atoms with Crippen LogP contribution in [0.3, 0.4) is 0 Å². The van der Waals surface area contributed by atoms with Crippen molar-refractivity contribution >= 4 is 29.4 Å². The first kappa shape index (κ1) is 28.0. The van der Waals surface area contributed by atoms with Crippen molar-refractivity contribution in [3.8, 4) is 11.8 Å². The van der Waals surface area contributed by atoms with Crippen molar-refractivity contribution in [2.24, 2.45) is 4.99 Å². The first-order valence-corrected chi connectivity index (χ1v) is 12.8. The smallest absolute Gasteiger partial charge is 0.416 e. The van der Waals surface area contributed by atoms with Gasteiger partial charge in [0.2, 0.25) is 5.91 Å². The maximum atomic E-state index is 13.5. The predicted molar refractivity (Wildman–Crippen MR) is 142 cm³/mol. The lowest BCUT2D eigenvalue weighted by atomic mass is 9.65. The third-order valence-corrected chi connectivity index (χ3v) is 7.71. The quantitative estimate of drug-likeness (QED) is 0.403. The number of likely N-dealkylation sites (tertiary alicyclic amines) is 1. The van der Waals surface area contributed by atoms with Crippen molar-refractivity contribution in [3.63, 3.8) is 0 Å². The van der Waals surface area contributed by atoms with E-state index in [1.807, 2.05) is 29.2 Å². The van der Waals surface area contributed by atoms with Gasteiger partial charge in [0.1, 0.15) is 5.84 Å². The summed E-state index contributed by atoms with van der Waals surface area (Å²) in [6.45, 7) is 1.64. The SMILES string of the molecule is CC#CCN1c2ccccc2[C@]23CCC(=O)N(Cc4cccc(C(F)(F)F)c4)C2=NC(C(=O)OC)=C(C(=O)OC)[C@H]13. The molecule has 0 aliphatic carbocycles. The van der Waals surface area contributed by atoms with Gasteiger partial charge in [-0.1, -0.05) is 36.3 Å². The minimum absolute atomic E-state index is 0.0259. The second-order valence-corrected chi connectivity index (χ2v) is 9.80. The zero-order valence-corrected chi connectivity index (χ0v) is 22.5. The molecule has 2 aromatic carbocycles. The number of methoxy groups -OCH3 is 2. The summed E-state index contributed by atoms with van der Waals surface area (Å²) in [4.78, 5) is 47.7. The largest absolute Gasteiger partial charge is 0.466 e. The molecule has 0 bridgehead atoms. The highest BCUT2D eigenvalue weighted by Crippen LogP contribution is 2.56. The van der Waals surface area contributed by atoms with E-state index in [4.69, 9.17) is 9.47 Å². The van der Waals surface area contributed by atoms with Crippen LogP contribution in [0, 0.1) is 11.8 Å². The Labute approximate surface area is 234 Å². The number of anilines is 1. The zero-order chi connectivity index (χ0) is 29.5. The summed E-state index contributed by atoms with van der Waals surface area (Å²) in [6.07, 6.45) is -4.31. The van der Waals surface area contributed by atoms with Gasteiger partial charge in [-0.15, -0.1) is 5.92 Å². The summed E-state index contributed by atoms with van der Waals surface area (Å²) in [7, 11) is 2.33. The van der Waals surface area contributed by atoms with Gasteiger partial charge in [0, 0.05) is 12.1 Å². The minimum Gasteiger partial charge on any atom is -0.466 e. The molecule has 1 amide bonds. The van der Waals surface area contributed by atoms with Crippen molar-refractivity contribution in [1.82, 2.24) is 4.90 Å². The number of hydrogen-bond acceptors (Lipinski definition) is 7. The van der Waals surface area contributed by atoms with Gasteiger partial charge in [-0.05, 0) is 42.7 Å². The Hall–Kier alpha value is -4.59. The second kappa shape index (κ2) is 10.4. The van der Waals surface area contributed by atoms with E-state index in [2.05, 4.69) is 16.8 Å². The summed E-state index contributed by atoms with van der Waals surface area (Å²) < 4.78 is 50.6. The van der Waals surface area contributed by atoms with Crippen molar-refractivity contribution in [3.05, 3.63) is 76.5 Å². The average molecular weight is 566 g/mol. The van der Waals surface area contributed by atoms with Crippen LogP contribution in [-0.2, 0) is 42.0 Å². The maximum Gasteiger partial charge on any atom is 0.416 e. The number of hydrogen-bond donors (Lipinski definition) is 0. The van der Waals surface area contributed by atoms with Gasteiger partial charge in [-0.25, -0.2) is 14.6 Å². The standard InChI is InChI=1S/C30H26F3N3O5/c1-4-5-15-35-21-12-7-6-11-20(21)29-14-13-22(37)36(17-18-9-8-10-19(16-18)30(31,32)33)28(29)34-24(27(39)41-3)23(25(29)35)26(38)40-2/h6-12,16,25H,13-15,17H2,1-3H3/t25-,29-/m0/s1. The van der Waals surface area contributed by atoms with E-state index in [0.717, 1.165) is 30.5 Å². The fraction of sp³-hybridized carbons (Fsp3) is 0.333. The van der Waals surface area contributed by atoms with Crippen molar-refractivity contribution in [1.29, 1.82) is 0 Å². The lowest BCUT2D eigenvalue weighted by Crippen LogP contribution is -2.63. The molecule has 3 aliphatic rings. The van der Waals surface area contributed by atoms with Crippen molar-refractivity contribution in [2.45, 2.75) is 43.9 Å². The number of esters is 2. The van der Waals surface area contributed by atoms with Crippen LogP contribution < -0.4 is 4.90 Å². The molecule has 0 aromatic heterocycles.